The monoisotopic (exact) mass is 382 g/mol. The lowest BCUT2D eigenvalue weighted by Crippen LogP contribution is -2.40. The first-order chi connectivity index (χ1) is 13.1. The fourth-order valence-corrected chi connectivity index (χ4v) is 2.72. The fraction of sp³-hybridized carbons (Fsp3) is 0.286. The van der Waals surface area contributed by atoms with Gasteiger partial charge >= 0.3 is 0 Å². The van der Waals surface area contributed by atoms with E-state index in [1.54, 1.807) is 36.4 Å². The van der Waals surface area contributed by atoms with Gasteiger partial charge in [0.15, 0.2) is 17.3 Å². The molecule has 0 unspecified atom stereocenters. The third kappa shape index (κ3) is 4.31. The van der Waals surface area contributed by atoms with Crippen LogP contribution in [0.25, 0.3) is 0 Å². The summed E-state index contributed by atoms with van der Waals surface area (Å²) in [6.45, 7) is 7.16. The highest BCUT2D eigenvalue weighted by Crippen LogP contribution is 2.37. The Morgan fingerprint density at radius 2 is 1.43 bits per heavy atom. The highest BCUT2D eigenvalue weighted by molar-refractivity contribution is 6.09. The van der Waals surface area contributed by atoms with E-state index in [1.165, 1.54) is 6.92 Å². The van der Waals surface area contributed by atoms with Gasteiger partial charge in [-0.25, -0.2) is 0 Å². The van der Waals surface area contributed by atoms with Crippen LogP contribution < -0.4 is 20.1 Å². The van der Waals surface area contributed by atoms with E-state index < -0.39 is 5.91 Å². The lowest BCUT2D eigenvalue weighted by Gasteiger charge is -2.20. The summed E-state index contributed by atoms with van der Waals surface area (Å²) in [5.74, 6) is 0.118. The van der Waals surface area contributed by atoms with Gasteiger partial charge in [0.05, 0.1) is 5.69 Å². The van der Waals surface area contributed by atoms with Crippen LogP contribution in [0, 0.1) is 0 Å². The Bertz CT molecular complexity index is 943. The quantitative estimate of drug-likeness (QED) is 0.791. The van der Waals surface area contributed by atoms with Crippen LogP contribution in [0.4, 0.5) is 5.69 Å². The average Bonchev–Trinajstić information content (AvgIpc) is 3.07. The van der Waals surface area contributed by atoms with Crippen LogP contribution >= 0.6 is 0 Å². The number of fused-ring (bicyclic) bond motifs is 1. The predicted octanol–water partition coefficient (Wildman–Crippen LogP) is 3.40. The molecule has 2 amide bonds. The highest BCUT2D eigenvalue weighted by Gasteiger charge is 2.21. The first-order valence-electron chi connectivity index (χ1n) is 8.82. The number of Topliss-reactive ketones (excluding diaryl/α,β-unsaturated/α-hetero) is 1. The van der Waals surface area contributed by atoms with Crippen molar-refractivity contribution in [2.45, 2.75) is 33.2 Å². The zero-order chi connectivity index (χ0) is 20.5. The van der Waals surface area contributed by atoms with Crippen molar-refractivity contribution in [1.82, 2.24) is 5.32 Å². The number of hydrogen-bond acceptors (Lipinski definition) is 5. The Balaban J connectivity index is 1.79. The summed E-state index contributed by atoms with van der Waals surface area (Å²) < 4.78 is 10.6. The van der Waals surface area contributed by atoms with Crippen LogP contribution in [0.3, 0.4) is 0 Å². The van der Waals surface area contributed by atoms with Crippen molar-refractivity contribution >= 4 is 23.3 Å². The number of hydrogen-bond donors (Lipinski definition) is 2. The Hall–Kier alpha value is -3.35. The molecule has 2 N–H and O–H groups in total. The van der Waals surface area contributed by atoms with Crippen LogP contribution in [0.1, 0.15) is 58.8 Å². The van der Waals surface area contributed by atoms with Crippen molar-refractivity contribution < 1.29 is 23.9 Å². The summed E-state index contributed by atoms with van der Waals surface area (Å²) in [5.41, 5.74) is 1.14. The second kappa shape index (κ2) is 7.34. The molecule has 0 saturated heterocycles. The van der Waals surface area contributed by atoms with Gasteiger partial charge in [0.1, 0.15) is 0 Å². The normalized spacial score (nSPS) is 12.4. The molecule has 7 nitrogen and oxygen atoms in total. The first-order valence-corrected chi connectivity index (χ1v) is 8.82. The summed E-state index contributed by atoms with van der Waals surface area (Å²) >= 11 is 0. The van der Waals surface area contributed by atoms with E-state index in [0.29, 0.717) is 33.9 Å². The number of rotatable bonds is 4. The minimum Gasteiger partial charge on any atom is -0.454 e. The van der Waals surface area contributed by atoms with Crippen molar-refractivity contribution in [3.63, 3.8) is 0 Å². The molecule has 0 aliphatic carbocycles. The molecule has 0 atom stereocenters. The third-order valence-corrected chi connectivity index (χ3v) is 4.04. The van der Waals surface area contributed by atoms with Crippen molar-refractivity contribution in [3.05, 3.63) is 53.1 Å². The van der Waals surface area contributed by atoms with Gasteiger partial charge < -0.3 is 20.1 Å². The summed E-state index contributed by atoms with van der Waals surface area (Å²) in [6.07, 6.45) is 0. The van der Waals surface area contributed by atoms with Crippen LogP contribution in [0.5, 0.6) is 11.5 Å². The molecule has 1 heterocycles. The van der Waals surface area contributed by atoms with E-state index in [1.807, 2.05) is 20.8 Å². The average molecular weight is 382 g/mol. The Labute approximate surface area is 163 Å². The molecule has 146 valence electrons. The maximum atomic E-state index is 12.6. The van der Waals surface area contributed by atoms with Gasteiger partial charge in [0, 0.05) is 28.3 Å². The molecule has 0 saturated carbocycles. The standard InChI is InChI=1S/C21H22N2O5/c1-12(24)15-9-17-18(28-11-27-17)10-16(15)22-19(25)13-5-7-14(8-6-13)20(26)23-21(2,3)4/h5-10H,11H2,1-4H3,(H,22,25)(H,23,26). The van der Waals surface area contributed by atoms with Gasteiger partial charge in [-0.15, -0.1) is 0 Å². The van der Waals surface area contributed by atoms with E-state index in [-0.39, 0.29) is 24.0 Å². The van der Waals surface area contributed by atoms with Gasteiger partial charge in [0.25, 0.3) is 11.8 Å². The molecule has 0 fully saturated rings. The van der Waals surface area contributed by atoms with Crippen molar-refractivity contribution in [2.75, 3.05) is 12.1 Å². The molecule has 7 heteroatoms. The van der Waals surface area contributed by atoms with Gasteiger partial charge in [-0.2, -0.15) is 0 Å². The number of anilines is 1. The predicted molar refractivity (Wildman–Crippen MR) is 104 cm³/mol. The number of benzene rings is 2. The van der Waals surface area contributed by atoms with Crippen LogP contribution in [0.15, 0.2) is 36.4 Å². The molecule has 1 aliphatic heterocycles. The van der Waals surface area contributed by atoms with Crippen molar-refractivity contribution in [2.24, 2.45) is 0 Å². The minimum absolute atomic E-state index is 0.0716. The topological polar surface area (TPSA) is 93.7 Å². The summed E-state index contributed by atoms with van der Waals surface area (Å²) in [5, 5.41) is 5.59. The number of carbonyl (C=O) groups is 3. The first kappa shape index (κ1) is 19.4. The molecule has 3 rings (SSSR count). The zero-order valence-electron chi connectivity index (χ0n) is 16.2. The second-order valence-electron chi connectivity index (χ2n) is 7.54. The van der Waals surface area contributed by atoms with Crippen molar-refractivity contribution in [1.29, 1.82) is 0 Å². The Morgan fingerprint density at radius 1 is 0.893 bits per heavy atom. The van der Waals surface area contributed by atoms with Gasteiger partial charge in [-0.3, -0.25) is 14.4 Å². The van der Waals surface area contributed by atoms with Gasteiger partial charge in [-0.05, 0) is 58.0 Å². The molecule has 2 aromatic carbocycles. The van der Waals surface area contributed by atoms with Crippen LogP contribution in [-0.2, 0) is 0 Å². The van der Waals surface area contributed by atoms with E-state index in [9.17, 15) is 14.4 Å². The smallest absolute Gasteiger partial charge is 0.255 e. The van der Waals surface area contributed by atoms with E-state index in [2.05, 4.69) is 10.6 Å². The van der Waals surface area contributed by atoms with Crippen LogP contribution in [0.2, 0.25) is 0 Å². The molecule has 2 aromatic rings. The number of ether oxygens (including phenoxy) is 2. The van der Waals surface area contributed by atoms with E-state index >= 15 is 0 Å². The summed E-state index contributed by atoms with van der Waals surface area (Å²) in [4.78, 5) is 36.7. The van der Waals surface area contributed by atoms with Gasteiger partial charge in [0.2, 0.25) is 6.79 Å². The maximum Gasteiger partial charge on any atom is 0.255 e. The molecular weight excluding hydrogens is 360 g/mol. The lowest BCUT2D eigenvalue weighted by atomic mass is 10.1. The molecule has 0 radical (unpaired) electrons. The summed E-state index contributed by atoms with van der Waals surface area (Å²) in [7, 11) is 0. The van der Waals surface area contributed by atoms with Gasteiger partial charge in [-0.1, -0.05) is 0 Å². The Morgan fingerprint density at radius 3 is 1.96 bits per heavy atom. The fourth-order valence-electron chi connectivity index (χ4n) is 2.72. The number of amides is 2. The highest BCUT2D eigenvalue weighted by atomic mass is 16.7. The molecule has 0 bridgehead atoms. The maximum absolute atomic E-state index is 12.6. The largest absolute Gasteiger partial charge is 0.454 e. The molecule has 0 aromatic heterocycles. The summed E-state index contributed by atoms with van der Waals surface area (Å²) in [6, 6.07) is 9.42. The molecule has 0 spiro atoms. The number of nitrogens with one attached hydrogen (secondary N) is 2. The minimum atomic E-state index is -0.399. The van der Waals surface area contributed by atoms with Crippen LogP contribution in [-0.4, -0.2) is 29.9 Å². The molecule has 1 aliphatic rings. The second-order valence-corrected chi connectivity index (χ2v) is 7.54. The third-order valence-electron chi connectivity index (χ3n) is 4.04. The zero-order valence-corrected chi connectivity index (χ0v) is 16.2. The van der Waals surface area contributed by atoms with E-state index in [0.717, 1.165) is 0 Å². The Kier molecular flexibility index (Phi) is 5.09. The SMILES string of the molecule is CC(=O)c1cc2c(cc1NC(=O)c1ccc(C(=O)NC(C)(C)C)cc1)OCO2. The lowest BCUT2D eigenvalue weighted by molar-refractivity contribution is 0.0917. The van der Waals surface area contributed by atoms with E-state index in [4.69, 9.17) is 9.47 Å². The number of carbonyl (C=O) groups excluding carboxylic acids is 3. The molecular formula is C21H22N2O5. The van der Waals surface area contributed by atoms with Crippen molar-refractivity contribution in [3.8, 4) is 11.5 Å². The number of ketones is 1. The molecule has 28 heavy (non-hydrogen) atoms.